The molecule has 0 saturated carbocycles. The summed E-state index contributed by atoms with van der Waals surface area (Å²) in [7, 11) is 1.84. The van der Waals surface area contributed by atoms with Gasteiger partial charge < -0.3 is 10.6 Å². The van der Waals surface area contributed by atoms with Crippen molar-refractivity contribution in [3.63, 3.8) is 0 Å². The van der Waals surface area contributed by atoms with Crippen molar-refractivity contribution in [2.75, 3.05) is 32.4 Å². The van der Waals surface area contributed by atoms with Crippen molar-refractivity contribution in [1.29, 1.82) is 0 Å². The second kappa shape index (κ2) is 5.06. The van der Waals surface area contributed by atoms with Gasteiger partial charge in [0.1, 0.15) is 0 Å². The van der Waals surface area contributed by atoms with E-state index in [1.54, 1.807) is 4.90 Å². The number of carbonyl (C=O) groups is 1. The van der Waals surface area contributed by atoms with E-state index in [2.05, 4.69) is 20.8 Å². The van der Waals surface area contributed by atoms with Gasteiger partial charge in [0, 0.05) is 42.4 Å². The molecule has 1 saturated heterocycles. The molecule has 1 aromatic rings. The van der Waals surface area contributed by atoms with E-state index in [4.69, 9.17) is 5.73 Å². The summed E-state index contributed by atoms with van der Waals surface area (Å²) >= 11 is 3.50. The number of amides is 1. The maximum Gasteiger partial charge on any atom is 0.236 e. The first-order valence-electron chi connectivity index (χ1n) is 5.57. The zero-order chi connectivity index (χ0) is 12.4. The van der Waals surface area contributed by atoms with E-state index in [-0.39, 0.29) is 5.91 Å². The number of anilines is 1. The predicted octanol–water partition coefficient (Wildman–Crippen LogP) is 1.31. The molecule has 0 bridgehead atoms. The highest BCUT2D eigenvalue weighted by atomic mass is 79.9. The van der Waals surface area contributed by atoms with Crippen LogP contribution < -0.4 is 5.73 Å². The molecule has 0 aliphatic carbocycles. The lowest BCUT2D eigenvalue weighted by atomic mass is 10.1. The first-order valence-corrected chi connectivity index (χ1v) is 6.36. The van der Waals surface area contributed by atoms with Crippen LogP contribution in [0.5, 0.6) is 0 Å². The van der Waals surface area contributed by atoms with Crippen molar-refractivity contribution in [2.24, 2.45) is 0 Å². The van der Waals surface area contributed by atoms with Gasteiger partial charge in [-0.2, -0.15) is 0 Å². The molecule has 1 aliphatic rings. The van der Waals surface area contributed by atoms with E-state index in [1.807, 2.05) is 25.2 Å². The van der Waals surface area contributed by atoms with Crippen LogP contribution in [0.15, 0.2) is 22.7 Å². The highest BCUT2D eigenvalue weighted by Crippen LogP contribution is 2.24. The van der Waals surface area contributed by atoms with E-state index < -0.39 is 0 Å². The van der Waals surface area contributed by atoms with E-state index in [1.165, 1.54) is 0 Å². The lowest BCUT2D eigenvalue weighted by molar-refractivity contribution is -0.134. The number of benzene rings is 1. The first kappa shape index (κ1) is 12.4. The van der Waals surface area contributed by atoms with E-state index in [0.717, 1.165) is 28.8 Å². The van der Waals surface area contributed by atoms with Gasteiger partial charge in [0.2, 0.25) is 5.91 Å². The van der Waals surface area contributed by atoms with Gasteiger partial charge in [-0.3, -0.25) is 9.69 Å². The molecule has 1 aromatic carbocycles. The van der Waals surface area contributed by atoms with Crippen LogP contribution in [0.3, 0.4) is 0 Å². The van der Waals surface area contributed by atoms with Crippen LogP contribution in [0.4, 0.5) is 5.69 Å². The monoisotopic (exact) mass is 297 g/mol. The fourth-order valence-corrected chi connectivity index (χ4v) is 2.41. The standard InChI is InChI=1S/C12H16BrN3O/c1-15-5-6-16(8-12(15)17)7-9-10(13)3-2-4-11(9)14/h2-4H,5-8,14H2,1H3. The Hall–Kier alpha value is -1.07. The summed E-state index contributed by atoms with van der Waals surface area (Å²) in [4.78, 5) is 15.5. The van der Waals surface area contributed by atoms with E-state index in [0.29, 0.717) is 13.1 Å². The average molecular weight is 298 g/mol. The maximum absolute atomic E-state index is 11.6. The molecule has 2 rings (SSSR count). The molecule has 0 aromatic heterocycles. The van der Waals surface area contributed by atoms with Gasteiger partial charge in [-0.1, -0.05) is 22.0 Å². The topological polar surface area (TPSA) is 49.6 Å². The molecule has 92 valence electrons. The number of rotatable bonds is 2. The summed E-state index contributed by atoms with van der Waals surface area (Å²) in [6, 6.07) is 5.78. The minimum atomic E-state index is 0.168. The Kier molecular flexibility index (Phi) is 3.69. The third-order valence-corrected chi connectivity index (χ3v) is 3.82. The molecule has 0 unspecified atom stereocenters. The van der Waals surface area contributed by atoms with Crippen LogP contribution in [0.2, 0.25) is 0 Å². The number of nitrogens with two attached hydrogens (primary N) is 1. The predicted molar refractivity (Wildman–Crippen MR) is 71.5 cm³/mol. The zero-order valence-corrected chi connectivity index (χ0v) is 11.4. The van der Waals surface area contributed by atoms with Crippen molar-refractivity contribution in [3.05, 3.63) is 28.2 Å². The minimum Gasteiger partial charge on any atom is -0.398 e. The summed E-state index contributed by atoms with van der Waals surface area (Å²) in [6.45, 7) is 2.86. The van der Waals surface area contributed by atoms with Crippen molar-refractivity contribution in [1.82, 2.24) is 9.80 Å². The molecule has 0 radical (unpaired) electrons. The molecule has 4 nitrogen and oxygen atoms in total. The van der Waals surface area contributed by atoms with E-state index >= 15 is 0 Å². The van der Waals surface area contributed by atoms with E-state index in [9.17, 15) is 4.79 Å². The molecular formula is C12H16BrN3O. The van der Waals surface area contributed by atoms with Crippen molar-refractivity contribution >= 4 is 27.5 Å². The maximum atomic E-state index is 11.6. The second-order valence-corrected chi connectivity index (χ2v) is 5.19. The number of hydrogen-bond acceptors (Lipinski definition) is 3. The quantitative estimate of drug-likeness (QED) is 0.838. The lowest BCUT2D eigenvalue weighted by Gasteiger charge is -2.32. The molecular weight excluding hydrogens is 282 g/mol. The zero-order valence-electron chi connectivity index (χ0n) is 9.82. The SMILES string of the molecule is CN1CCN(Cc2c(N)cccc2Br)CC1=O. The Bertz CT molecular complexity index is 416. The van der Waals surface area contributed by atoms with Gasteiger partial charge in [0.15, 0.2) is 0 Å². The van der Waals surface area contributed by atoms with Gasteiger partial charge in [-0.25, -0.2) is 0 Å². The third-order valence-electron chi connectivity index (χ3n) is 3.07. The van der Waals surface area contributed by atoms with Crippen LogP contribution in [0.1, 0.15) is 5.56 Å². The summed E-state index contributed by atoms with van der Waals surface area (Å²) in [5, 5.41) is 0. The summed E-state index contributed by atoms with van der Waals surface area (Å²) < 4.78 is 1.00. The molecule has 0 atom stereocenters. The van der Waals surface area contributed by atoms with Gasteiger partial charge in [0.25, 0.3) is 0 Å². The molecule has 1 amide bonds. The normalized spacial score (nSPS) is 17.5. The highest BCUT2D eigenvalue weighted by molar-refractivity contribution is 9.10. The Labute approximate surface area is 110 Å². The Balaban J connectivity index is 2.09. The number of nitrogens with zero attached hydrogens (tertiary/aromatic N) is 2. The summed E-state index contributed by atoms with van der Waals surface area (Å²) in [5.41, 5.74) is 7.78. The van der Waals surface area contributed by atoms with Gasteiger partial charge in [-0.15, -0.1) is 0 Å². The van der Waals surface area contributed by atoms with Crippen LogP contribution in [-0.4, -0.2) is 42.4 Å². The van der Waals surface area contributed by atoms with Crippen LogP contribution in [0, 0.1) is 0 Å². The molecule has 5 heteroatoms. The molecule has 1 aliphatic heterocycles. The molecule has 0 spiro atoms. The Morgan fingerprint density at radius 2 is 2.18 bits per heavy atom. The largest absolute Gasteiger partial charge is 0.398 e. The van der Waals surface area contributed by atoms with Crippen molar-refractivity contribution < 1.29 is 4.79 Å². The molecule has 1 fully saturated rings. The number of likely N-dealkylation sites (N-methyl/N-ethyl adjacent to an activating group) is 1. The van der Waals surface area contributed by atoms with Crippen LogP contribution in [-0.2, 0) is 11.3 Å². The van der Waals surface area contributed by atoms with Crippen molar-refractivity contribution in [2.45, 2.75) is 6.54 Å². The Morgan fingerprint density at radius 1 is 1.41 bits per heavy atom. The number of halogens is 1. The highest BCUT2D eigenvalue weighted by Gasteiger charge is 2.21. The van der Waals surface area contributed by atoms with Crippen LogP contribution >= 0.6 is 15.9 Å². The average Bonchev–Trinajstić information content (AvgIpc) is 2.28. The summed E-state index contributed by atoms with van der Waals surface area (Å²) in [5.74, 6) is 0.168. The number of carbonyl (C=O) groups excluding carboxylic acids is 1. The molecule has 17 heavy (non-hydrogen) atoms. The van der Waals surface area contributed by atoms with Gasteiger partial charge in [-0.05, 0) is 12.1 Å². The number of nitrogen functional groups attached to an aromatic ring is 1. The fourth-order valence-electron chi connectivity index (χ4n) is 1.91. The van der Waals surface area contributed by atoms with Gasteiger partial charge >= 0.3 is 0 Å². The molecule has 2 N–H and O–H groups in total. The first-order chi connectivity index (χ1) is 8.08. The lowest BCUT2D eigenvalue weighted by Crippen LogP contribution is -2.48. The van der Waals surface area contributed by atoms with Crippen molar-refractivity contribution in [3.8, 4) is 0 Å². The third kappa shape index (κ3) is 2.79. The number of piperazine rings is 1. The summed E-state index contributed by atoms with van der Waals surface area (Å²) in [6.07, 6.45) is 0. The second-order valence-electron chi connectivity index (χ2n) is 4.33. The molecule has 1 heterocycles. The smallest absolute Gasteiger partial charge is 0.236 e. The van der Waals surface area contributed by atoms with Gasteiger partial charge in [0.05, 0.1) is 6.54 Å². The Morgan fingerprint density at radius 3 is 2.82 bits per heavy atom. The number of hydrogen-bond donors (Lipinski definition) is 1. The fraction of sp³-hybridized carbons (Fsp3) is 0.417. The van der Waals surface area contributed by atoms with Crippen LogP contribution in [0.25, 0.3) is 0 Å². The minimum absolute atomic E-state index is 0.168.